The number of anilines is 1. The average Bonchev–Trinajstić information content (AvgIpc) is 3.07. The van der Waals surface area contributed by atoms with E-state index in [1.807, 2.05) is 54.6 Å². The molecular formula is C32H40N6O6. The van der Waals surface area contributed by atoms with Crippen molar-refractivity contribution in [3.05, 3.63) is 89.2 Å². The number of esters is 1. The van der Waals surface area contributed by atoms with Gasteiger partial charge in [0.1, 0.15) is 6.54 Å². The van der Waals surface area contributed by atoms with Crippen LogP contribution in [0.15, 0.2) is 67.0 Å². The number of ether oxygens (including phenoxy) is 3. The Hall–Kier alpha value is -4.10. The van der Waals surface area contributed by atoms with E-state index in [4.69, 9.17) is 14.2 Å². The van der Waals surface area contributed by atoms with E-state index in [-0.39, 0.29) is 32.0 Å². The van der Waals surface area contributed by atoms with Crippen molar-refractivity contribution in [3.63, 3.8) is 0 Å². The van der Waals surface area contributed by atoms with E-state index < -0.39 is 18.3 Å². The lowest BCUT2D eigenvalue weighted by Crippen LogP contribution is -2.50. The number of carbonyl (C=O) groups is 2. The minimum atomic E-state index is -0.565. The Morgan fingerprint density at radius 2 is 1.61 bits per heavy atom. The molecule has 0 radical (unpaired) electrons. The normalized spacial score (nSPS) is 20.6. The number of hydrogen-bond donors (Lipinski definition) is 3. The van der Waals surface area contributed by atoms with E-state index in [2.05, 4.69) is 30.4 Å². The van der Waals surface area contributed by atoms with Gasteiger partial charge in [0.25, 0.3) is 0 Å². The number of aromatic nitrogens is 2. The molecule has 2 amide bonds. The third-order valence-corrected chi connectivity index (χ3v) is 7.69. The Balaban J connectivity index is 1.20. The van der Waals surface area contributed by atoms with Gasteiger partial charge in [-0.15, -0.1) is 0 Å². The number of carbonyl (C=O) groups excluding carboxylic acids is 2. The lowest BCUT2D eigenvalue weighted by molar-refractivity contribution is -0.253. The molecule has 5 rings (SSSR count). The van der Waals surface area contributed by atoms with Gasteiger partial charge in [0.15, 0.2) is 6.29 Å². The molecule has 2 aliphatic rings. The first-order valence-corrected chi connectivity index (χ1v) is 15.0. The Morgan fingerprint density at radius 3 is 2.30 bits per heavy atom. The van der Waals surface area contributed by atoms with Gasteiger partial charge in [0.2, 0.25) is 5.95 Å². The summed E-state index contributed by atoms with van der Waals surface area (Å²) in [5.74, 6) is 0.279. The smallest absolute Gasteiger partial charge is 0.325 e. The number of piperazine rings is 1. The van der Waals surface area contributed by atoms with Crippen LogP contribution < -0.4 is 15.5 Å². The van der Waals surface area contributed by atoms with Gasteiger partial charge < -0.3 is 34.9 Å². The van der Waals surface area contributed by atoms with Gasteiger partial charge in [-0.25, -0.2) is 14.8 Å². The standard InChI is InChI=1S/C32H40N6O6/c1-2-42-29(40)20-36-32(41)35-19-23-4-10-26(11-5-23)30-43-27(18-28(44-30)25-8-6-24(22-39)7-9-25)21-37-14-16-38(17-15-37)31-33-12-3-13-34-31/h3-13,27-28,30,39H,2,14-22H2,1H3,(H2,35,36,41)/t27-,28+,30+/m0/s1. The van der Waals surface area contributed by atoms with Gasteiger partial charge in [-0.2, -0.15) is 0 Å². The van der Waals surface area contributed by atoms with Crippen molar-refractivity contribution < 1.29 is 28.9 Å². The van der Waals surface area contributed by atoms with Crippen LogP contribution in [-0.2, 0) is 32.2 Å². The molecule has 234 valence electrons. The van der Waals surface area contributed by atoms with E-state index in [0.717, 1.165) is 60.9 Å². The molecule has 0 aliphatic carbocycles. The Kier molecular flexibility index (Phi) is 11.1. The van der Waals surface area contributed by atoms with Crippen molar-refractivity contribution in [2.24, 2.45) is 0 Å². The zero-order valence-corrected chi connectivity index (χ0v) is 24.9. The summed E-state index contributed by atoms with van der Waals surface area (Å²) in [7, 11) is 0. The van der Waals surface area contributed by atoms with Gasteiger partial charge in [0, 0.05) is 63.6 Å². The SMILES string of the molecule is CCOC(=O)CNC(=O)NCc1ccc([C@@H]2O[C@H](CN3CCN(c4ncccn4)CC3)C[C@H](c3ccc(CO)cc3)O2)cc1. The molecule has 3 atom stereocenters. The van der Waals surface area contributed by atoms with E-state index >= 15 is 0 Å². The Morgan fingerprint density at radius 1 is 0.932 bits per heavy atom. The number of aliphatic hydroxyl groups excluding tert-OH is 1. The summed E-state index contributed by atoms with van der Waals surface area (Å²) in [4.78, 5) is 36.9. The predicted molar refractivity (Wildman–Crippen MR) is 162 cm³/mol. The van der Waals surface area contributed by atoms with Gasteiger partial charge in [0.05, 0.1) is 25.4 Å². The summed E-state index contributed by atoms with van der Waals surface area (Å²) in [5.41, 5.74) is 3.67. The molecule has 3 N–H and O–H groups in total. The van der Waals surface area contributed by atoms with Crippen molar-refractivity contribution in [2.75, 3.05) is 50.8 Å². The van der Waals surface area contributed by atoms with Gasteiger partial charge in [-0.1, -0.05) is 48.5 Å². The van der Waals surface area contributed by atoms with Crippen LogP contribution >= 0.6 is 0 Å². The molecule has 1 aromatic heterocycles. The summed E-state index contributed by atoms with van der Waals surface area (Å²) in [6.45, 7) is 6.32. The zero-order valence-electron chi connectivity index (χ0n) is 24.9. The van der Waals surface area contributed by atoms with Crippen LogP contribution in [-0.4, -0.2) is 84.0 Å². The first-order valence-electron chi connectivity index (χ1n) is 15.0. The molecule has 12 nitrogen and oxygen atoms in total. The van der Waals surface area contributed by atoms with Crippen molar-refractivity contribution in [1.29, 1.82) is 0 Å². The lowest BCUT2D eigenvalue weighted by Gasteiger charge is -2.40. The third kappa shape index (κ3) is 8.73. The van der Waals surface area contributed by atoms with E-state index in [9.17, 15) is 14.7 Å². The van der Waals surface area contributed by atoms with Crippen LogP contribution in [0.1, 0.15) is 48.0 Å². The monoisotopic (exact) mass is 604 g/mol. The Labute approximate surface area is 257 Å². The van der Waals surface area contributed by atoms with E-state index in [0.29, 0.717) is 13.0 Å². The fourth-order valence-corrected chi connectivity index (χ4v) is 5.31. The van der Waals surface area contributed by atoms with Crippen LogP contribution in [0.5, 0.6) is 0 Å². The maximum absolute atomic E-state index is 12.0. The second kappa shape index (κ2) is 15.6. The molecule has 0 bridgehead atoms. The van der Waals surface area contributed by atoms with E-state index in [1.54, 1.807) is 19.3 Å². The fraction of sp³-hybridized carbons (Fsp3) is 0.438. The molecule has 2 saturated heterocycles. The predicted octanol–water partition coefficient (Wildman–Crippen LogP) is 2.70. The van der Waals surface area contributed by atoms with E-state index in [1.165, 1.54) is 0 Å². The number of hydrogen-bond acceptors (Lipinski definition) is 10. The van der Waals surface area contributed by atoms with Crippen LogP contribution in [0.3, 0.4) is 0 Å². The summed E-state index contributed by atoms with van der Waals surface area (Å²) >= 11 is 0. The molecule has 3 heterocycles. The van der Waals surface area contributed by atoms with Crippen molar-refractivity contribution in [3.8, 4) is 0 Å². The summed E-state index contributed by atoms with van der Waals surface area (Å²) in [5, 5.41) is 14.7. The first kappa shape index (κ1) is 31.3. The highest BCUT2D eigenvalue weighted by atomic mass is 16.7. The molecule has 2 aliphatic heterocycles. The maximum Gasteiger partial charge on any atom is 0.325 e. The van der Waals surface area contributed by atoms with Gasteiger partial charge in [-0.3, -0.25) is 9.69 Å². The third-order valence-electron chi connectivity index (χ3n) is 7.69. The second-order valence-corrected chi connectivity index (χ2v) is 10.8. The summed E-state index contributed by atoms with van der Waals surface area (Å²) < 4.78 is 17.8. The Bertz CT molecular complexity index is 1340. The van der Waals surface area contributed by atoms with Gasteiger partial charge >= 0.3 is 12.0 Å². The van der Waals surface area contributed by atoms with Crippen LogP contribution in [0.4, 0.5) is 10.7 Å². The molecule has 44 heavy (non-hydrogen) atoms. The zero-order chi connectivity index (χ0) is 30.7. The molecule has 0 spiro atoms. The molecule has 3 aromatic rings. The molecule has 0 unspecified atom stereocenters. The number of nitrogens with one attached hydrogen (secondary N) is 2. The molecule has 0 saturated carbocycles. The van der Waals surface area contributed by atoms with Crippen LogP contribution in [0.25, 0.3) is 0 Å². The molecule has 12 heteroatoms. The second-order valence-electron chi connectivity index (χ2n) is 10.8. The maximum atomic E-state index is 12.0. The molecule has 2 fully saturated rings. The fourth-order valence-electron chi connectivity index (χ4n) is 5.31. The topological polar surface area (TPSA) is 138 Å². The van der Waals surface area contributed by atoms with Gasteiger partial charge in [-0.05, 0) is 29.7 Å². The number of amides is 2. The van der Waals surface area contributed by atoms with Crippen LogP contribution in [0, 0.1) is 0 Å². The lowest BCUT2D eigenvalue weighted by atomic mass is 9.99. The molecule has 2 aromatic carbocycles. The minimum Gasteiger partial charge on any atom is -0.465 e. The van der Waals surface area contributed by atoms with Crippen molar-refractivity contribution in [2.45, 2.75) is 45.0 Å². The highest BCUT2D eigenvalue weighted by molar-refractivity contribution is 5.80. The van der Waals surface area contributed by atoms with Crippen molar-refractivity contribution >= 4 is 17.9 Å². The average molecular weight is 605 g/mol. The number of aliphatic hydroxyl groups is 1. The molecular weight excluding hydrogens is 564 g/mol. The van der Waals surface area contributed by atoms with Crippen molar-refractivity contribution in [1.82, 2.24) is 25.5 Å². The quantitative estimate of drug-likeness (QED) is 0.280. The summed E-state index contributed by atoms with van der Waals surface area (Å²) in [6.07, 6.45) is 3.46. The number of rotatable bonds is 11. The number of benzene rings is 2. The minimum absolute atomic E-state index is 0.00553. The highest BCUT2D eigenvalue weighted by Gasteiger charge is 2.34. The highest BCUT2D eigenvalue weighted by Crippen LogP contribution is 2.38. The largest absolute Gasteiger partial charge is 0.465 e. The first-order chi connectivity index (χ1) is 21.5. The van der Waals surface area contributed by atoms with Crippen LogP contribution in [0.2, 0.25) is 0 Å². The number of nitrogens with zero attached hydrogens (tertiary/aromatic N) is 4. The number of urea groups is 1. The summed E-state index contributed by atoms with van der Waals surface area (Å²) in [6, 6.07) is 17.0.